The highest BCUT2D eigenvalue weighted by atomic mass is 35.5. The number of benzene rings is 2. The minimum Gasteiger partial charge on any atom is -0.405 e. The van der Waals surface area contributed by atoms with Gasteiger partial charge in [0.25, 0.3) is 0 Å². The highest BCUT2D eigenvalue weighted by molar-refractivity contribution is 6.30. The van der Waals surface area contributed by atoms with Gasteiger partial charge in [-0.1, -0.05) is 48.9 Å². The van der Waals surface area contributed by atoms with Crippen LogP contribution in [-0.2, 0) is 0 Å². The van der Waals surface area contributed by atoms with Gasteiger partial charge in [-0.05, 0) is 23.8 Å². The van der Waals surface area contributed by atoms with Gasteiger partial charge in [0.15, 0.2) is 0 Å². The zero-order valence-corrected chi connectivity index (χ0v) is 11.4. The van der Waals surface area contributed by atoms with Crippen LogP contribution in [0.5, 0.6) is 5.75 Å². The third-order valence-corrected chi connectivity index (χ3v) is 3.23. The molecule has 2 aromatic carbocycles. The Hall–Kier alpha value is -1.68. The molecule has 0 spiro atoms. The summed E-state index contributed by atoms with van der Waals surface area (Å²) in [5.74, 6) is -0.409. The lowest BCUT2D eigenvalue weighted by Crippen LogP contribution is -2.18. The van der Waals surface area contributed by atoms with Crippen molar-refractivity contribution in [3.05, 3.63) is 64.7 Å². The second-order valence-corrected chi connectivity index (χ2v) is 4.80. The van der Waals surface area contributed by atoms with Crippen LogP contribution >= 0.6 is 11.6 Å². The fraction of sp³-hybridized carbons (Fsp3) is 0.200. The van der Waals surface area contributed by atoms with Gasteiger partial charge in [0, 0.05) is 16.5 Å². The fourth-order valence-electron chi connectivity index (χ4n) is 1.99. The molecule has 0 aliphatic carbocycles. The molecule has 0 amide bonds. The lowest BCUT2D eigenvalue weighted by Gasteiger charge is -2.18. The fourth-order valence-corrected chi connectivity index (χ4v) is 2.11. The molecule has 0 aliphatic heterocycles. The van der Waals surface area contributed by atoms with Crippen LogP contribution in [0.1, 0.15) is 24.0 Å². The van der Waals surface area contributed by atoms with Crippen LogP contribution in [-0.4, -0.2) is 6.36 Å². The smallest absolute Gasteiger partial charge is 0.405 e. The van der Waals surface area contributed by atoms with Gasteiger partial charge in [0.2, 0.25) is 0 Å². The maximum absolute atomic E-state index is 12.4. The quantitative estimate of drug-likeness (QED) is 0.738. The van der Waals surface area contributed by atoms with Gasteiger partial charge >= 0.3 is 6.36 Å². The number of halogens is 4. The van der Waals surface area contributed by atoms with Gasteiger partial charge in [0.1, 0.15) is 5.75 Å². The maximum Gasteiger partial charge on any atom is 0.573 e. The average molecular weight is 301 g/mol. The lowest BCUT2D eigenvalue weighted by atomic mass is 9.92. The van der Waals surface area contributed by atoms with E-state index in [0.29, 0.717) is 10.6 Å². The van der Waals surface area contributed by atoms with Crippen molar-refractivity contribution >= 4 is 11.6 Å². The first-order chi connectivity index (χ1) is 9.37. The molecule has 0 heterocycles. The number of rotatable bonds is 3. The predicted octanol–water partition coefficient (Wildman–Crippen LogP) is 5.39. The van der Waals surface area contributed by atoms with Gasteiger partial charge in [-0.2, -0.15) is 0 Å². The van der Waals surface area contributed by atoms with E-state index >= 15 is 0 Å². The van der Waals surface area contributed by atoms with Gasteiger partial charge < -0.3 is 4.74 Å². The van der Waals surface area contributed by atoms with Crippen LogP contribution in [0.2, 0.25) is 5.02 Å². The van der Waals surface area contributed by atoms with Crippen molar-refractivity contribution in [3.8, 4) is 5.75 Å². The number of ether oxygens (including phenoxy) is 1. The molecule has 0 saturated heterocycles. The van der Waals surface area contributed by atoms with Crippen molar-refractivity contribution in [1.82, 2.24) is 0 Å². The van der Waals surface area contributed by atoms with Crippen LogP contribution < -0.4 is 4.74 Å². The Morgan fingerprint density at radius 1 is 1.00 bits per heavy atom. The molecular formula is C15H12ClF3O. The van der Waals surface area contributed by atoms with Crippen LogP contribution in [0.4, 0.5) is 13.2 Å². The molecule has 1 unspecified atom stereocenters. The van der Waals surface area contributed by atoms with E-state index in [1.165, 1.54) is 12.1 Å². The standard InChI is InChI=1S/C15H12ClF3O/c1-10(11-6-8-12(16)9-7-11)13-4-2-3-5-14(13)20-15(17,18)19/h2-10H,1H3. The minimum atomic E-state index is -4.70. The molecule has 0 fully saturated rings. The summed E-state index contributed by atoms with van der Waals surface area (Å²) in [7, 11) is 0. The Morgan fingerprint density at radius 3 is 2.20 bits per heavy atom. The molecule has 0 aliphatic rings. The Labute approximate surface area is 119 Å². The summed E-state index contributed by atoms with van der Waals surface area (Å²) in [6.45, 7) is 1.82. The Morgan fingerprint density at radius 2 is 1.60 bits per heavy atom. The summed E-state index contributed by atoms with van der Waals surface area (Å²) in [6, 6.07) is 13.1. The Kier molecular flexibility index (Phi) is 4.23. The predicted molar refractivity (Wildman–Crippen MR) is 72.1 cm³/mol. The lowest BCUT2D eigenvalue weighted by molar-refractivity contribution is -0.274. The Balaban J connectivity index is 2.34. The van der Waals surface area contributed by atoms with E-state index < -0.39 is 6.36 Å². The molecule has 1 nitrogen and oxygen atoms in total. The maximum atomic E-state index is 12.4. The second-order valence-electron chi connectivity index (χ2n) is 4.36. The van der Waals surface area contributed by atoms with E-state index in [9.17, 15) is 13.2 Å². The summed E-state index contributed by atoms with van der Waals surface area (Å²) < 4.78 is 41.3. The monoisotopic (exact) mass is 300 g/mol. The number of hydrogen-bond acceptors (Lipinski definition) is 1. The van der Waals surface area contributed by atoms with Gasteiger partial charge in [-0.25, -0.2) is 0 Å². The topological polar surface area (TPSA) is 9.23 Å². The van der Waals surface area contributed by atoms with Crippen molar-refractivity contribution in [3.63, 3.8) is 0 Å². The first-order valence-electron chi connectivity index (χ1n) is 5.97. The summed E-state index contributed by atoms with van der Waals surface area (Å²) >= 11 is 5.81. The SMILES string of the molecule is CC(c1ccc(Cl)cc1)c1ccccc1OC(F)(F)F. The molecular weight excluding hydrogens is 289 g/mol. The zero-order chi connectivity index (χ0) is 14.8. The van der Waals surface area contributed by atoms with Gasteiger partial charge in [-0.15, -0.1) is 13.2 Å². The minimum absolute atomic E-state index is 0.178. The molecule has 2 aromatic rings. The molecule has 106 valence electrons. The van der Waals surface area contributed by atoms with E-state index in [-0.39, 0.29) is 11.7 Å². The zero-order valence-electron chi connectivity index (χ0n) is 10.6. The van der Waals surface area contributed by atoms with Crippen LogP contribution in [0, 0.1) is 0 Å². The van der Waals surface area contributed by atoms with Crippen molar-refractivity contribution in [2.24, 2.45) is 0 Å². The number of para-hydroxylation sites is 1. The molecule has 0 aromatic heterocycles. The summed E-state index contributed by atoms with van der Waals surface area (Å²) in [4.78, 5) is 0. The first-order valence-corrected chi connectivity index (χ1v) is 6.35. The summed E-state index contributed by atoms with van der Waals surface area (Å²) in [5.41, 5.74) is 1.35. The van der Waals surface area contributed by atoms with E-state index in [0.717, 1.165) is 5.56 Å². The second kappa shape index (κ2) is 5.75. The number of alkyl halides is 3. The molecule has 0 radical (unpaired) electrons. The first kappa shape index (κ1) is 14.7. The molecule has 20 heavy (non-hydrogen) atoms. The molecule has 0 saturated carbocycles. The molecule has 1 atom stereocenters. The molecule has 0 N–H and O–H groups in total. The average Bonchev–Trinajstić information content (AvgIpc) is 2.37. The van der Waals surface area contributed by atoms with Crippen molar-refractivity contribution < 1.29 is 17.9 Å². The van der Waals surface area contributed by atoms with E-state index in [1.807, 2.05) is 6.92 Å². The van der Waals surface area contributed by atoms with E-state index in [2.05, 4.69) is 4.74 Å². The third-order valence-electron chi connectivity index (χ3n) is 2.98. The highest BCUT2D eigenvalue weighted by Gasteiger charge is 2.32. The Bertz CT molecular complexity index is 578. The van der Waals surface area contributed by atoms with Gasteiger partial charge in [-0.3, -0.25) is 0 Å². The van der Waals surface area contributed by atoms with Gasteiger partial charge in [0.05, 0.1) is 0 Å². The third kappa shape index (κ3) is 3.67. The van der Waals surface area contributed by atoms with Crippen molar-refractivity contribution in [2.45, 2.75) is 19.2 Å². The molecule has 0 bridgehead atoms. The van der Waals surface area contributed by atoms with Crippen molar-refractivity contribution in [2.75, 3.05) is 0 Å². The highest BCUT2D eigenvalue weighted by Crippen LogP contribution is 2.34. The van der Waals surface area contributed by atoms with E-state index in [1.54, 1.807) is 36.4 Å². The molecule has 2 rings (SSSR count). The van der Waals surface area contributed by atoms with Crippen LogP contribution in [0.25, 0.3) is 0 Å². The van der Waals surface area contributed by atoms with E-state index in [4.69, 9.17) is 11.6 Å². The summed E-state index contributed by atoms with van der Waals surface area (Å²) in [5, 5.41) is 0.584. The number of hydrogen-bond donors (Lipinski definition) is 0. The summed E-state index contributed by atoms with van der Waals surface area (Å²) in [6.07, 6.45) is -4.70. The van der Waals surface area contributed by atoms with Crippen molar-refractivity contribution in [1.29, 1.82) is 0 Å². The largest absolute Gasteiger partial charge is 0.573 e. The van der Waals surface area contributed by atoms with Crippen LogP contribution in [0.15, 0.2) is 48.5 Å². The van der Waals surface area contributed by atoms with Crippen LogP contribution in [0.3, 0.4) is 0 Å². The molecule has 5 heteroatoms. The normalized spacial score (nSPS) is 13.1.